The Morgan fingerprint density at radius 3 is 2.90 bits per heavy atom. The Hall–Kier alpha value is -2.06. The molecule has 21 heavy (non-hydrogen) atoms. The van der Waals surface area contributed by atoms with Crippen molar-refractivity contribution < 1.29 is 9.47 Å². The van der Waals surface area contributed by atoms with Crippen molar-refractivity contribution in [3.63, 3.8) is 0 Å². The van der Waals surface area contributed by atoms with Gasteiger partial charge in [0.05, 0.1) is 24.4 Å². The second-order valence-corrected chi connectivity index (χ2v) is 6.07. The first-order valence-corrected chi connectivity index (χ1v) is 7.78. The quantitative estimate of drug-likeness (QED) is 0.819. The minimum Gasteiger partial charge on any atom is -0.497 e. The second-order valence-electron chi connectivity index (χ2n) is 4.99. The Morgan fingerprint density at radius 2 is 2.19 bits per heavy atom. The average Bonchev–Trinajstić information content (AvgIpc) is 3.28. The van der Waals surface area contributed by atoms with Gasteiger partial charge in [-0.2, -0.15) is 5.26 Å². The van der Waals surface area contributed by atoms with E-state index in [9.17, 15) is 0 Å². The van der Waals surface area contributed by atoms with Crippen molar-refractivity contribution in [3.05, 3.63) is 39.8 Å². The van der Waals surface area contributed by atoms with Gasteiger partial charge >= 0.3 is 0 Å². The molecule has 1 aromatic heterocycles. The second kappa shape index (κ2) is 6.15. The first-order chi connectivity index (χ1) is 10.3. The minimum absolute atomic E-state index is 0.518. The lowest BCUT2D eigenvalue weighted by Gasteiger charge is -2.06. The standard InChI is InChI=1S/C16H16N2O2S/c1-19-12-3-2-4-13(9-12)20-8-7-15-18-16(11-5-6-11)14(10-17)21-15/h2-4,9,11H,5-8H2,1H3. The van der Waals surface area contributed by atoms with E-state index in [0.29, 0.717) is 12.5 Å². The van der Waals surface area contributed by atoms with Crippen molar-refractivity contribution in [2.45, 2.75) is 25.2 Å². The number of benzene rings is 1. The lowest BCUT2D eigenvalue weighted by Crippen LogP contribution is -2.01. The fourth-order valence-electron chi connectivity index (χ4n) is 2.15. The van der Waals surface area contributed by atoms with Crippen LogP contribution in [0.3, 0.4) is 0 Å². The molecule has 0 amide bonds. The van der Waals surface area contributed by atoms with E-state index in [0.717, 1.165) is 46.3 Å². The molecule has 0 atom stereocenters. The van der Waals surface area contributed by atoms with E-state index in [4.69, 9.17) is 14.7 Å². The lowest BCUT2D eigenvalue weighted by molar-refractivity contribution is 0.318. The molecule has 1 fully saturated rings. The highest BCUT2D eigenvalue weighted by molar-refractivity contribution is 7.12. The maximum atomic E-state index is 9.14. The van der Waals surface area contributed by atoms with Crippen LogP contribution in [0, 0.1) is 11.3 Å². The number of nitrogens with zero attached hydrogens (tertiary/aromatic N) is 2. The summed E-state index contributed by atoms with van der Waals surface area (Å²) >= 11 is 1.49. The summed E-state index contributed by atoms with van der Waals surface area (Å²) in [6.07, 6.45) is 3.06. The van der Waals surface area contributed by atoms with Gasteiger partial charge in [0.15, 0.2) is 0 Å². The lowest BCUT2D eigenvalue weighted by atomic mass is 10.2. The van der Waals surface area contributed by atoms with E-state index in [1.165, 1.54) is 11.3 Å². The van der Waals surface area contributed by atoms with Crippen molar-refractivity contribution >= 4 is 11.3 Å². The highest BCUT2D eigenvalue weighted by Crippen LogP contribution is 2.42. The smallest absolute Gasteiger partial charge is 0.128 e. The minimum atomic E-state index is 0.518. The molecule has 108 valence electrons. The van der Waals surface area contributed by atoms with Gasteiger partial charge in [0.1, 0.15) is 22.4 Å². The first-order valence-electron chi connectivity index (χ1n) is 6.96. The van der Waals surface area contributed by atoms with Crippen LogP contribution in [0.25, 0.3) is 0 Å². The van der Waals surface area contributed by atoms with Crippen molar-refractivity contribution in [2.24, 2.45) is 0 Å². The number of methoxy groups -OCH3 is 1. The summed E-state index contributed by atoms with van der Waals surface area (Å²) in [5.41, 5.74) is 0.999. The number of aromatic nitrogens is 1. The molecule has 0 spiro atoms. The molecule has 0 unspecified atom stereocenters. The SMILES string of the molecule is COc1cccc(OCCc2nc(C3CC3)c(C#N)s2)c1. The zero-order valence-electron chi connectivity index (χ0n) is 11.8. The highest BCUT2D eigenvalue weighted by atomic mass is 32.1. The molecule has 0 saturated heterocycles. The Morgan fingerprint density at radius 1 is 1.38 bits per heavy atom. The van der Waals surface area contributed by atoms with Crippen molar-refractivity contribution in [1.82, 2.24) is 4.98 Å². The van der Waals surface area contributed by atoms with E-state index in [-0.39, 0.29) is 0 Å². The van der Waals surface area contributed by atoms with Crippen molar-refractivity contribution in [1.29, 1.82) is 5.26 Å². The summed E-state index contributed by atoms with van der Waals surface area (Å²) in [7, 11) is 1.64. The number of ether oxygens (including phenoxy) is 2. The molecule has 1 aliphatic carbocycles. The summed E-state index contributed by atoms with van der Waals surface area (Å²) in [6.45, 7) is 0.551. The van der Waals surface area contributed by atoms with Gasteiger partial charge in [-0.25, -0.2) is 4.98 Å². The molecule has 0 aliphatic heterocycles. The fraction of sp³-hybridized carbons (Fsp3) is 0.375. The molecular weight excluding hydrogens is 284 g/mol. The number of hydrogen-bond donors (Lipinski definition) is 0. The van der Waals surface area contributed by atoms with Gasteiger partial charge in [0.25, 0.3) is 0 Å². The predicted molar refractivity (Wildman–Crippen MR) is 81.0 cm³/mol. The van der Waals surface area contributed by atoms with Crippen LogP contribution >= 0.6 is 11.3 Å². The van der Waals surface area contributed by atoms with E-state index >= 15 is 0 Å². The molecule has 0 N–H and O–H groups in total. The number of hydrogen-bond acceptors (Lipinski definition) is 5. The molecule has 0 radical (unpaired) electrons. The third-order valence-corrected chi connectivity index (χ3v) is 4.42. The van der Waals surface area contributed by atoms with Crippen molar-refractivity contribution in [2.75, 3.05) is 13.7 Å². The number of thiazole rings is 1. The van der Waals surface area contributed by atoms with Crippen LogP contribution in [0.5, 0.6) is 11.5 Å². The summed E-state index contributed by atoms with van der Waals surface area (Å²) < 4.78 is 10.9. The Kier molecular flexibility index (Phi) is 4.07. The maximum Gasteiger partial charge on any atom is 0.128 e. The van der Waals surface area contributed by atoms with Gasteiger partial charge in [-0.15, -0.1) is 11.3 Å². The van der Waals surface area contributed by atoms with Gasteiger partial charge in [-0.3, -0.25) is 0 Å². The van der Waals surface area contributed by atoms with E-state index in [1.54, 1.807) is 7.11 Å². The van der Waals surface area contributed by atoms with Crippen LogP contribution in [0.15, 0.2) is 24.3 Å². The van der Waals surface area contributed by atoms with E-state index in [2.05, 4.69) is 11.1 Å². The number of rotatable bonds is 6. The van der Waals surface area contributed by atoms with Gasteiger partial charge in [-0.1, -0.05) is 6.07 Å². The van der Waals surface area contributed by atoms with Crippen LogP contribution in [0.1, 0.15) is 34.3 Å². The van der Waals surface area contributed by atoms with E-state index in [1.807, 2.05) is 24.3 Å². The summed E-state index contributed by atoms with van der Waals surface area (Å²) in [6, 6.07) is 9.81. The summed E-state index contributed by atoms with van der Waals surface area (Å²) in [5, 5.41) is 10.1. The Bertz CT molecular complexity index is 671. The zero-order chi connectivity index (χ0) is 14.7. The van der Waals surface area contributed by atoms with Crippen LogP contribution in [-0.4, -0.2) is 18.7 Å². The average molecular weight is 300 g/mol. The molecule has 1 saturated carbocycles. The fourth-order valence-corrected chi connectivity index (χ4v) is 3.07. The van der Waals surface area contributed by atoms with Crippen LogP contribution < -0.4 is 9.47 Å². The Labute approximate surface area is 128 Å². The molecule has 1 aliphatic rings. The molecule has 2 aromatic rings. The summed E-state index contributed by atoms with van der Waals surface area (Å²) in [5.74, 6) is 2.09. The topological polar surface area (TPSA) is 55.1 Å². The first kappa shape index (κ1) is 13.9. The molecule has 1 heterocycles. The van der Waals surface area contributed by atoms with Crippen LogP contribution in [0.2, 0.25) is 0 Å². The molecule has 0 bridgehead atoms. The molecular formula is C16H16N2O2S. The largest absolute Gasteiger partial charge is 0.497 e. The normalized spacial score (nSPS) is 13.7. The van der Waals surface area contributed by atoms with Gasteiger partial charge < -0.3 is 9.47 Å². The van der Waals surface area contributed by atoms with Gasteiger partial charge in [0, 0.05) is 18.4 Å². The number of nitriles is 1. The predicted octanol–water partition coefficient (Wildman–Crippen LogP) is 3.52. The monoisotopic (exact) mass is 300 g/mol. The molecule has 1 aromatic carbocycles. The maximum absolute atomic E-state index is 9.14. The summed E-state index contributed by atoms with van der Waals surface area (Å²) in [4.78, 5) is 5.37. The van der Waals surface area contributed by atoms with Gasteiger partial charge in [0.2, 0.25) is 0 Å². The molecule has 3 rings (SSSR count). The molecule has 4 nitrogen and oxygen atoms in total. The molecule has 5 heteroatoms. The van der Waals surface area contributed by atoms with E-state index < -0.39 is 0 Å². The van der Waals surface area contributed by atoms with Gasteiger partial charge in [-0.05, 0) is 25.0 Å². The third kappa shape index (κ3) is 3.34. The van der Waals surface area contributed by atoms with Crippen molar-refractivity contribution in [3.8, 4) is 17.6 Å². The van der Waals surface area contributed by atoms with Crippen LogP contribution in [0.4, 0.5) is 0 Å². The third-order valence-electron chi connectivity index (χ3n) is 3.39. The zero-order valence-corrected chi connectivity index (χ0v) is 12.7. The van der Waals surface area contributed by atoms with Crippen LogP contribution in [-0.2, 0) is 6.42 Å². The Balaban J connectivity index is 1.59. The highest BCUT2D eigenvalue weighted by Gasteiger charge is 2.29.